The van der Waals surface area contributed by atoms with E-state index in [2.05, 4.69) is 10.4 Å². The van der Waals surface area contributed by atoms with E-state index in [1.165, 1.54) is 0 Å². The maximum absolute atomic E-state index is 13.0. The minimum Gasteiger partial charge on any atom is -0.351 e. The highest BCUT2D eigenvalue weighted by atomic mass is 35.5. The molecule has 0 spiro atoms. The smallest absolute Gasteiger partial charge is 0.230 e. The lowest BCUT2D eigenvalue weighted by molar-refractivity contribution is -0.130. The van der Waals surface area contributed by atoms with Crippen molar-refractivity contribution in [3.63, 3.8) is 0 Å². The quantitative estimate of drug-likeness (QED) is 0.734. The molecule has 5 heteroatoms. The van der Waals surface area contributed by atoms with Gasteiger partial charge >= 0.3 is 0 Å². The van der Waals surface area contributed by atoms with Crippen molar-refractivity contribution in [2.45, 2.75) is 31.2 Å². The molecule has 0 saturated heterocycles. The molecule has 1 saturated carbocycles. The van der Waals surface area contributed by atoms with Crippen molar-refractivity contribution >= 4 is 17.5 Å². The molecule has 1 heterocycles. The summed E-state index contributed by atoms with van der Waals surface area (Å²) in [5.74, 6) is 0.0846. The predicted octanol–water partition coefficient (Wildman–Crippen LogP) is 4.26. The Kier molecular flexibility index (Phi) is 4.51. The van der Waals surface area contributed by atoms with Gasteiger partial charge in [-0.1, -0.05) is 48.4 Å². The third-order valence-electron chi connectivity index (χ3n) is 5.22. The van der Waals surface area contributed by atoms with Crippen LogP contribution in [0, 0.1) is 0 Å². The predicted molar refractivity (Wildman–Crippen MR) is 102 cm³/mol. The second-order valence-corrected chi connectivity index (χ2v) is 7.14. The number of benzene rings is 2. The Labute approximate surface area is 157 Å². The summed E-state index contributed by atoms with van der Waals surface area (Å²) in [6.45, 7) is 0.476. The molecular formula is C21H20ClN3O. The Hall–Kier alpha value is -2.59. The number of hydrogen-bond donors (Lipinski definition) is 1. The molecule has 1 aliphatic carbocycles. The largest absolute Gasteiger partial charge is 0.351 e. The minimum absolute atomic E-state index is 0.0846. The molecule has 0 radical (unpaired) electrons. The van der Waals surface area contributed by atoms with E-state index >= 15 is 0 Å². The maximum atomic E-state index is 13.0. The summed E-state index contributed by atoms with van der Waals surface area (Å²) in [6.07, 6.45) is 6.48. The number of para-hydroxylation sites is 1. The SMILES string of the molecule is O=C(NCc1ccccc1-n1cccn1)C1(c2ccc(Cl)cc2)CCC1. The summed E-state index contributed by atoms with van der Waals surface area (Å²) in [5.41, 5.74) is 2.64. The van der Waals surface area contributed by atoms with Crippen molar-refractivity contribution in [3.05, 3.63) is 83.1 Å². The second kappa shape index (κ2) is 6.96. The molecule has 4 nitrogen and oxygen atoms in total. The first kappa shape index (κ1) is 16.9. The first-order valence-corrected chi connectivity index (χ1v) is 9.19. The second-order valence-electron chi connectivity index (χ2n) is 6.70. The number of aromatic nitrogens is 2. The molecule has 2 aromatic carbocycles. The highest BCUT2D eigenvalue weighted by molar-refractivity contribution is 6.30. The zero-order valence-corrected chi connectivity index (χ0v) is 15.1. The van der Waals surface area contributed by atoms with Gasteiger partial charge in [0.1, 0.15) is 0 Å². The summed E-state index contributed by atoms with van der Waals surface area (Å²) in [4.78, 5) is 13.0. The number of amides is 1. The number of nitrogens with zero attached hydrogens (tertiary/aromatic N) is 2. The molecule has 1 fully saturated rings. The molecule has 0 atom stereocenters. The third-order valence-corrected chi connectivity index (χ3v) is 5.47. The van der Waals surface area contributed by atoms with Gasteiger partial charge in [-0.05, 0) is 48.2 Å². The number of hydrogen-bond acceptors (Lipinski definition) is 2. The van der Waals surface area contributed by atoms with Gasteiger partial charge in [0.05, 0.1) is 11.1 Å². The minimum atomic E-state index is -0.425. The molecule has 1 aliphatic rings. The fourth-order valence-electron chi connectivity index (χ4n) is 3.59. The monoisotopic (exact) mass is 365 g/mol. The lowest BCUT2D eigenvalue weighted by atomic mass is 9.64. The summed E-state index contributed by atoms with van der Waals surface area (Å²) in [6, 6.07) is 17.5. The van der Waals surface area contributed by atoms with E-state index in [4.69, 9.17) is 11.6 Å². The van der Waals surface area contributed by atoms with Gasteiger partial charge in [0.15, 0.2) is 0 Å². The van der Waals surface area contributed by atoms with Crippen LogP contribution in [0.25, 0.3) is 5.69 Å². The zero-order valence-electron chi connectivity index (χ0n) is 14.4. The van der Waals surface area contributed by atoms with Crippen LogP contribution in [-0.2, 0) is 16.8 Å². The lowest BCUT2D eigenvalue weighted by Gasteiger charge is -2.40. The number of rotatable bonds is 5. The fraction of sp³-hybridized carbons (Fsp3) is 0.238. The highest BCUT2D eigenvalue weighted by Crippen LogP contribution is 2.44. The van der Waals surface area contributed by atoms with E-state index < -0.39 is 5.41 Å². The third kappa shape index (κ3) is 3.01. The molecule has 1 amide bonds. The topological polar surface area (TPSA) is 46.9 Å². The van der Waals surface area contributed by atoms with Gasteiger partial charge in [-0.15, -0.1) is 0 Å². The number of carbonyl (C=O) groups is 1. The van der Waals surface area contributed by atoms with E-state index in [-0.39, 0.29) is 5.91 Å². The number of nitrogens with one attached hydrogen (secondary N) is 1. The number of carbonyl (C=O) groups excluding carboxylic acids is 1. The van der Waals surface area contributed by atoms with E-state index in [1.54, 1.807) is 6.20 Å². The fourth-order valence-corrected chi connectivity index (χ4v) is 3.71. The van der Waals surface area contributed by atoms with Crippen LogP contribution in [0.5, 0.6) is 0 Å². The van der Waals surface area contributed by atoms with Crippen LogP contribution in [0.15, 0.2) is 67.0 Å². The van der Waals surface area contributed by atoms with Crippen LogP contribution in [0.2, 0.25) is 5.02 Å². The summed E-state index contributed by atoms with van der Waals surface area (Å²) in [5, 5.41) is 8.13. The molecule has 26 heavy (non-hydrogen) atoms. The van der Waals surface area contributed by atoms with Crippen molar-refractivity contribution in [1.82, 2.24) is 15.1 Å². The Morgan fingerprint density at radius 2 is 1.88 bits per heavy atom. The van der Waals surface area contributed by atoms with Gasteiger partial charge in [-0.3, -0.25) is 4.79 Å². The summed E-state index contributed by atoms with van der Waals surface area (Å²) >= 11 is 6.00. The molecule has 1 aromatic heterocycles. The maximum Gasteiger partial charge on any atom is 0.230 e. The van der Waals surface area contributed by atoms with Crippen LogP contribution >= 0.6 is 11.6 Å². The first-order chi connectivity index (χ1) is 12.7. The molecular weight excluding hydrogens is 346 g/mol. The molecule has 4 rings (SSSR count). The van der Waals surface area contributed by atoms with Crippen LogP contribution in [0.1, 0.15) is 30.4 Å². The Balaban J connectivity index is 1.53. The van der Waals surface area contributed by atoms with Gasteiger partial charge < -0.3 is 5.32 Å². The molecule has 0 bridgehead atoms. The first-order valence-electron chi connectivity index (χ1n) is 8.81. The van der Waals surface area contributed by atoms with Crippen molar-refractivity contribution in [3.8, 4) is 5.69 Å². The van der Waals surface area contributed by atoms with Crippen LogP contribution in [0.4, 0.5) is 0 Å². The van der Waals surface area contributed by atoms with Gasteiger partial charge in [-0.2, -0.15) is 5.10 Å². The van der Waals surface area contributed by atoms with E-state index in [0.29, 0.717) is 11.6 Å². The van der Waals surface area contributed by atoms with E-state index in [1.807, 2.05) is 65.5 Å². The van der Waals surface area contributed by atoms with Crippen molar-refractivity contribution < 1.29 is 4.79 Å². The standard InChI is InChI=1S/C21H20ClN3O/c22-18-9-7-17(8-10-18)21(11-3-12-21)20(26)23-15-16-5-1-2-6-19(16)25-14-4-13-24-25/h1-2,4-10,13-14H,3,11-12,15H2,(H,23,26). The van der Waals surface area contributed by atoms with Crippen LogP contribution in [0.3, 0.4) is 0 Å². The Morgan fingerprint density at radius 3 is 2.54 bits per heavy atom. The molecule has 1 N–H and O–H groups in total. The average molecular weight is 366 g/mol. The van der Waals surface area contributed by atoms with Gasteiger partial charge in [0.2, 0.25) is 5.91 Å². The Bertz CT molecular complexity index is 899. The molecule has 0 unspecified atom stereocenters. The van der Waals surface area contributed by atoms with Crippen molar-refractivity contribution in [1.29, 1.82) is 0 Å². The average Bonchev–Trinajstić information content (AvgIpc) is 3.15. The molecule has 132 valence electrons. The lowest BCUT2D eigenvalue weighted by Crippen LogP contribution is -2.49. The van der Waals surface area contributed by atoms with E-state index in [9.17, 15) is 4.79 Å². The Morgan fingerprint density at radius 1 is 1.12 bits per heavy atom. The summed E-state index contributed by atoms with van der Waals surface area (Å²) in [7, 11) is 0. The van der Waals surface area contributed by atoms with Gasteiger partial charge in [0.25, 0.3) is 0 Å². The van der Waals surface area contributed by atoms with Crippen molar-refractivity contribution in [2.24, 2.45) is 0 Å². The molecule has 3 aromatic rings. The van der Waals surface area contributed by atoms with Crippen LogP contribution < -0.4 is 5.32 Å². The van der Waals surface area contributed by atoms with Crippen molar-refractivity contribution in [2.75, 3.05) is 0 Å². The zero-order chi connectivity index (χ0) is 18.0. The van der Waals surface area contributed by atoms with Gasteiger partial charge in [-0.25, -0.2) is 4.68 Å². The van der Waals surface area contributed by atoms with Gasteiger partial charge in [0, 0.05) is 24.0 Å². The number of halogens is 1. The van der Waals surface area contributed by atoms with E-state index in [0.717, 1.165) is 36.1 Å². The normalized spacial score (nSPS) is 15.3. The highest BCUT2D eigenvalue weighted by Gasteiger charge is 2.45. The van der Waals surface area contributed by atoms with Crippen LogP contribution in [-0.4, -0.2) is 15.7 Å². The molecule has 0 aliphatic heterocycles. The summed E-state index contributed by atoms with van der Waals surface area (Å²) < 4.78 is 1.82.